The Morgan fingerprint density at radius 2 is 1.76 bits per heavy atom. The molecule has 5 nitrogen and oxygen atoms in total. The van der Waals surface area contributed by atoms with Gasteiger partial charge in [0.25, 0.3) is 0 Å². The van der Waals surface area contributed by atoms with E-state index in [0.29, 0.717) is 18.1 Å². The first-order chi connectivity index (χ1) is 11.9. The first-order valence-electron chi connectivity index (χ1n) is 8.08. The van der Waals surface area contributed by atoms with Crippen LogP contribution in [0.5, 0.6) is 11.5 Å². The molecule has 0 aliphatic carbocycles. The van der Waals surface area contributed by atoms with Crippen LogP contribution in [0.1, 0.15) is 31.0 Å². The first-order valence-corrected chi connectivity index (χ1v) is 8.08. The predicted octanol–water partition coefficient (Wildman–Crippen LogP) is 3.47. The number of benzene rings is 2. The lowest BCUT2D eigenvalue weighted by atomic mass is 9.81. The molecule has 2 aromatic carbocycles. The second kappa shape index (κ2) is 8.03. The lowest BCUT2D eigenvalue weighted by molar-refractivity contribution is -0.152. The summed E-state index contributed by atoms with van der Waals surface area (Å²) in [6.07, 6.45) is 0. The third-order valence-corrected chi connectivity index (χ3v) is 4.27. The number of methoxy groups -OCH3 is 2. The molecule has 0 bridgehead atoms. The molecule has 0 saturated carbocycles. The van der Waals surface area contributed by atoms with Gasteiger partial charge >= 0.3 is 5.97 Å². The first kappa shape index (κ1) is 18.8. The highest BCUT2D eigenvalue weighted by atomic mass is 16.5. The average Bonchev–Trinajstić information content (AvgIpc) is 2.65. The van der Waals surface area contributed by atoms with E-state index in [9.17, 15) is 4.79 Å². The average molecular weight is 343 g/mol. The maximum Gasteiger partial charge on any atom is 0.313 e. The van der Waals surface area contributed by atoms with Gasteiger partial charge in [-0.05, 0) is 37.1 Å². The topological polar surface area (TPSA) is 70.8 Å². The van der Waals surface area contributed by atoms with Crippen LogP contribution < -0.4 is 15.2 Å². The van der Waals surface area contributed by atoms with Gasteiger partial charge in [-0.1, -0.05) is 36.4 Å². The molecule has 0 saturated heterocycles. The standard InChI is InChI=1S/C20H25NO4/c1-20(2,19(22)24-4)18(21)15-10-11-16(17(12-15)23-3)25-13-14-8-6-5-7-9-14/h5-12,18H,13,21H2,1-4H3/t18-/m0/s1. The molecule has 5 heteroatoms. The summed E-state index contributed by atoms with van der Waals surface area (Å²) >= 11 is 0. The molecule has 1 atom stereocenters. The van der Waals surface area contributed by atoms with Gasteiger partial charge in [-0.3, -0.25) is 4.79 Å². The van der Waals surface area contributed by atoms with Crippen LogP contribution in [0.2, 0.25) is 0 Å². The predicted molar refractivity (Wildman–Crippen MR) is 96.5 cm³/mol. The number of hydrogen-bond acceptors (Lipinski definition) is 5. The van der Waals surface area contributed by atoms with Crippen LogP contribution in [0, 0.1) is 5.41 Å². The Morgan fingerprint density at radius 3 is 2.36 bits per heavy atom. The minimum absolute atomic E-state index is 0.358. The van der Waals surface area contributed by atoms with Crippen molar-refractivity contribution >= 4 is 5.97 Å². The van der Waals surface area contributed by atoms with E-state index in [1.165, 1.54) is 7.11 Å². The van der Waals surface area contributed by atoms with Gasteiger partial charge in [-0.2, -0.15) is 0 Å². The zero-order valence-corrected chi connectivity index (χ0v) is 15.1. The normalized spacial score (nSPS) is 12.4. The largest absolute Gasteiger partial charge is 0.493 e. The monoisotopic (exact) mass is 343 g/mol. The number of carbonyl (C=O) groups is 1. The van der Waals surface area contributed by atoms with Gasteiger partial charge in [0.05, 0.1) is 19.6 Å². The Bertz CT molecular complexity index is 713. The van der Waals surface area contributed by atoms with Gasteiger partial charge in [0, 0.05) is 6.04 Å². The fraction of sp³-hybridized carbons (Fsp3) is 0.350. The van der Waals surface area contributed by atoms with Gasteiger partial charge in [-0.25, -0.2) is 0 Å². The number of rotatable bonds is 7. The van der Waals surface area contributed by atoms with Gasteiger partial charge in [0.15, 0.2) is 11.5 Å². The Kier molecular flexibility index (Phi) is 6.04. The third-order valence-electron chi connectivity index (χ3n) is 4.27. The molecule has 2 aromatic rings. The molecule has 0 heterocycles. The zero-order chi connectivity index (χ0) is 18.4. The van der Waals surface area contributed by atoms with Crippen molar-refractivity contribution in [2.45, 2.75) is 26.5 Å². The van der Waals surface area contributed by atoms with E-state index < -0.39 is 11.5 Å². The van der Waals surface area contributed by atoms with Crippen molar-refractivity contribution in [1.29, 1.82) is 0 Å². The van der Waals surface area contributed by atoms with Gasteiger partial charge < -0.3 is 19.9 Å². The summed E-state index contributed by atoms with van der Waals surface area (Å²) in [5, 5.41) is 0. The molecule has 2 N–H and O–H groups in total. The van der Waals surface area contributed by atoms with Gasteiger partial charge in [0.1, 0.15) is 6.61 Å². The molecule has 0 aromatic heterocycles. The Hall–Kier alpha value is -2.53. The van der Waals surface area contributed by atoms with E-state index in [1.54, 1.807) is 27.0 Å². The fourth-order valence-electron chi connectivity index (χ4n) is 2.54. The molecule has 0 aliphatic heterocycles. The zero-order valence-electron chi connectivity index (χ0n) is 15.1. The molecule has 0 spiro atoms. The summed E-state index contributed by atoms with van der Waals surface area (Å²) in [6.45, 7) is 3.96. The van der Waals surface area contributed by atoms with E-state index in [0.717, 1.165) is 11.1 Å². The summed E-state index contributed by atoms with van der Waals surface area (Å²) in [4.78, 5) is 12.0. The summed E-state index contributed by atoms with van der Waals surface area (Å²) in [7, 11) is 2.93. The van der Waals surface area contributed by atoms with Crippen LogP contribution in [0.3, 0.4) is 0 Å². The van der Waals surface area contributed by atoms with Gasteiger partial charge in [-0.15, -0.1) is 0 Å². The fourth-order valence-corrected chi connectivity index (χ4v) is 2.54. The van der Waals surface area contributed by atoms with Crippen LogP contribution in [0.4, 0.5) is 0 Å². The van der Waals surface area contributed by atoms with Crippen LogP contribution in [0.15, 0.2) is 48.5 Å². The van der Waals surface area contributed by atoms with E-state index in [1.807, 2.05) is 42.5 Å². The Morgan fingerprint density at radius 1 is 1.08 bits per heavy atom. The molecule has 134 valence electrons. The summed E-state index contributed by atoms with van der Waals surface area (Å²) in [6, 6.07) is 14.8. The molecular weight excluding hydrogens is 318 g/mol. The number of carbonyl (C=O) groups excluding carboxylic acids is 1. The highest BCUT2D eigenvalue weighted by Gasteiger charge is 2.36. The van der Waals surface area contributed by atoms with Gasteiger partial charge in [0.2, 0.25) is 0 Å². The number of hydrogen-bond donors (Lipinski definition) is 1. The third kappa shape index (κ3) is 4.31. The molecule has 25 heavy (non-hydrogen) atoms. The Labute approximate surface area is 148 Å². The van der Waals surface area contributed by atoms with Crippen molar-refractivity contribution < 1.29 is 19.0 Å². The molecule has 0 aliphatic rings. The summed E-state index contributed by atoms with van der Waals surface area (Å²) in [5.74, 6) is 0.839. The van der Waals surface area contributed by atoms with Crippen molar-refractivity contribution in [3.8, 4) is 11.5 Å². The lowest BCUT2D eigenvalue weighted by Gasteiger charge is -2.29. The van der Waals surface area contributed by atoms with E-state index >= 15 is 0 Å². The van der Waals surface area contributed by atoms with Crippen molar-refractivity contribution in [2.24, 2.45) is 11.1 Å². The number of nitrogens with two attached hydrogens (primary N) is 1. The van der Waals surface area contributed by atoms with Crippen molar-refractivity contribution in [3.05, 3.63) is 59.7 Å². The summed E-state index contributed by atoms with van der Waals surface area (Å²) < 4.78 is 16.1. The Balaban J connectivity index is 2.19. The molecule has 2 rings (SSSR count). The van der Waals surface area contributed by atoms with Crippen molar-refractivity contribution in [2.75, 3.05) is 14.2 Å². The highest BCUT2D eigenvalue weighted by molar-refractivity contribution is 5.77. The van der Waals surface area contributed by atoms with Crippen LogP contribution in [-0.2, 0) is 16.1 Å². The lowest BCUT2D eigenvalue weighted by Crippen LogP contribution is -2.37. The quantitative estimate of drug-likeness (QED) is 0.780. The molecular formula is C20H25NO4. The molecule has 0 fully saturated rings. The number of ether oxygens (including phenoxy) is 3. The second-order valence-electron chi connectivity index (χ2n) is 6.38. The van der Waals surface area contributed by atoms with Crippen LogP contribution in [0.25, 0.3) is 0 Å². The summed E-state index contributed by atoms with van der Waals surface area (Å²) in [5.41, 5.74) is 7.28. The second-order valence-corrected chi connectivity index (χ2v) is 6.38. The molecule has 0 radical (unpaired) electrons. The minimum Gasteiger partial charge on any atom is -0.493 e. The molecule has 0 amide bonds. The van der Waals surface area contributed by atoms with Crippen molar-refractivity contribution in [1.82, 2.24) is 0 Å². The van der Waals surface area contributed by atoms with E-state index in [4.69, 9.17) is 19.9 Å². The molecule has 0 unspecified atom stereocenters. The van der Waals surface area contributed by atoms with Crippen LogP contribution >= 0.6 is 0 Å². The van der Waals surface area contributed by atoms with Crippen molar-refractivity contribution in [3.63, 3.8) is 0 Å². The van der Waals surface area contributed by atoms with Crippen LogP contribution in [-0.4, -0.2) is 20.2 Å². The smallest absolute Gasteiger partial charge is 0.313 e. The van der Waals surface area contributed by atoms with E-state index in [-0.39, 0.29) is 5.97 Å². The minimum atomic E-state index is -0.855. The SMILES string of the molecule is COC(=O)C(C)(C)[C@@H](N)c1ccc(OCc2ccccc2)c(OC)c1. The van der Waals surface area contributed by atoms with E-state index in [2.05, 4.69) is 0 Å². The maximum atomic E-state index is 12.0. The maximum absolute atomic E-state index is 12.0. The highest BCUT2D eigenvalue weighted by Crippen LogP contribution is 2.37. The number of esters is 1.